The molecule has 1 N–H and O–H groups in total. The van der Waals surface area contributed by atoms with E-state index in [9.17, 15) is 10.5 Å². The van der Waals surface area contributed by atoms with Crippen molar-refractivity contribution < 1.29 is 9.94 Å². The molecule has 4 heteroatoms. The van der Waals surface area contributed by atoms with E-state index in [4.69, 9.17) is 4.74 Å². The van der Waals surface area contributed by atoms with Crippen LogP contribution in [0.3, 0.4) is 0 Å². The van der Waals surface area contributed by atoms with Gasteiger partial charge >= 0.3 is 0 Å². The molecule has 96 valence electrons. The number of para-hydroxylation sites is 1. The first-order chi connectivity index (χ1) is 9.26. The average Bonchev–Trinajstić information content (AvgIpc) is 2.49. The number of hydroxylamine groups is 1. The quantitative estimate of drug-likeness (QED) is 0.851. The van der Waals surface area contributed by atoms with Crippen molar-refractivity contribution in [2.75, 3.05) is 12.2 Å². The van der Waals surface area contributed by atoms with Crippen LogP contribution in [-0.4, -0.2) is 12.3 Å². The van der Waals surface area contributed by atoms with Crippen molar-refractivity contribution in [1.29, 1.82) is 5.26 Å². The van der Waals surface area contributed by atoms with Gasteiger partial charge in [-0.3, -0.25) is 5.21 Å². The highest BCUT2D eigenvalue weighted by Crippen LogP contribution is 2.25. The van der Waals surface area contributed by atoms with Crippen LogP contribution >= 0.6 is 0 Å². The lowest BCUT2D eigenvalue weighted by molar-refractivity contribution is 0.236. The molecule has 0 saturated carbocycles. The lowest BCUT2D eigenvalue weighted by Gasteiger charge is -2.22. The smallest absolute Gasteiger partial charge is 0.167 e. The number of rotatable bonds is 4. The fourth-order valence-electron chi connectivity index (χ4n) is 1.79. The summed E-state index contributed by atoms with van der Waals surface area (Å²) in [5.74, 6) is 0.713. The fourth-order valence-corrected chi connectivity index (χ4v) is 1.79. The Bertz CT molecular complexity index is 561. The van der Waals surface area contributed by atoms with Crippen LogP contribution in [0.4, 0.5) is 5.69 Å². The minimum absolute atomic E-state index is 0.574. The van der Waals surface area contributed by atoms with Gasteiger partial charge in [-0.15, -0.1) is 0 Å². The molecular formula is C15H14N2O2. The summed E-state index contributed by atoms with van der Waals surface area (Å²) in [5.41, 5.74) is 1.28. The Labute approximate surface area is 112 Å². The van der Waals surface area contributed by atoms with Gasteiger partial charge in [-0.1, -0.05) is 30.3 Å². The van der Waals surface area contributed by atoms with Crippen LogP contribution in [0.15, 0.2) is 54.6 Å². The summed E-state index contributed by atoms with van der Waals surface area (Å²) < 4.78 is 5.07. The molecule has 0 aliphatic carbocycles. The molecule has 19 heavy (non-hydrogen) atoms. The van der Waals surface area contributed by atoms with Gasteiger partial charge in [0.25, 0.3) is 0 Å². The highest BCUT2D eigenvalue weighted by atomic mass is 16.5. The van der Waals surface area contributed by atoms with Crippen molar-refractivity contribution >= 4 is 5.69 Å². The molecule has 0 amide bonds. The summed E-state index contributed by atoms with van der Waals surface area (Å²) in [6.45, 7) is 0. The molecule has 0 radical (unpaired) electrons. The SMILES string of the molecule is COc1ccc(C(C#N)N(O)c2ccccc2)cc1. The third kappa shape index (κ3) is 2.84. The minimum Gasteiger partial charge on any atom is -0.497 e. The van der Waals surface area contributed by atoms with Crippen LogP contribution in [0.5, 0.6) is 5.75 Å². The number of hydrogen-bond acceptors (Lipinski definition) is 4. The van der Waals surface area contributed by atoms with Gasteiger partial charge in [0.1, 0.15) is 5.75 Å². The summed E-state index contributed by atoms with van der Waals surface area (Å²) in [7, 11) is 1.58. The van der Waals surface area contributed by atoms with Gasteiger partial charge in [0.2, 0.25) is 0 Å². The molecule has 0 spiro atoms. The molecule has 2 aromatic carbocycles. The largest absolute Gasteiger partial charge is 0.497 e. The van der Waals surface area contributed by atoms with Crippen LogP contribution in [0.25, 0.3) is 0 Å². The molecule has 0 saturated heterocycles. The standard InChI is InChI=1S/C15H14N2O2/c1-19-14-9-7-12(8-10-14)15(11-16)17(18)13-5-3-2-4-6-13/h2-10,15,18H,1H3. The fraction of sp³-hybridized carbons (Fsp3) is 0.133. The zero-order chi connectivity index (χ0) is 13.7. The van der Waals surface area contributed by atoms with E-state index < -0.39 is 6.04 Å². The van der Waals surface area contributed by atoms with Gasteiger partial charge in [-0.05, 0) is 29.8 Å². The van der Waals surface area contributed by atoms with Crippen molar-refractivity contribution in [3.05, 3.63) is 60.2 Å². The zero-order valence-corrected chi connectivity index (χ0v) is 10.5. The van der Waals surface area contributed by atoms with Crippen LogP contribution in [-0.2, 0) is 0 Å². The number of benzene rings is 2. The van der Waals surface area contributed by atoms with Gasteiger partial charge in [-0.2, -0.15) is 5.26 Å². The van der Waals surface area contributed by atoms with E-state index in [1.807, 2.05) is 6.07 Å². The number of anilines is 1. The summed E-state index contributed by atoms with van der Waals surface area (Å²) in [5, 5.41) is 20.4. The Hall–Kier alpha value is -2.51. The normalized spacial score (nSPS) is 11.4. The number of nitriles is 1. The molecule has 0 bridgehead atoms. The second-order valence-electron chi connectivity index (χ2n) is 3.98. The van der Waals surface area contributed by atoms with E-state index in [2.05, 4.69) is 6.07 Å². The second-order valence-corrected chi connectivity index (χ2v) is 3.98. The number of methoxy groups -OCH3 is 1. The lowest BCUT2D eigenvalue weighted by Crippen LogP contribution is -2.23. The van der Waals surface area contributed by atoms with Crippen molar-refractivity contribution in [3.8, 4) is 11.8 Å². The maximum absolute atomic E-state index is 10.1. The maximum Gasteiger partial charge on any atom is 0.167 e. The predicted molar refractivity (Wildman–Crippen MR) is 72.1 cm³/mol. The summed E-state index contributed by atoms with van der Waals surface area (Å²) in [4.78, 5) is 0. The van der Waals surface area contributed by atoms with E-state index in [0.717, 1.165) is 5.06 Å². The van der Waals surface area contributed by atoms with E-state index in [-0.39, 0.29) is 0 Å². The van der Waals surface area contributed by atoms with Crippen LogP contribution < -0.4 is 9.80 Å². The van der Waals surface area contributed by atoms with Gasteiger partial charge in [0.05, 0.1) is 18.9 Å². The highest BCUT2D eigenvalue weighted by molar-refractivity contribution is 5.48. The summed E-state index contributed by atoms with van der Waals surface area (Å²) >= 11 is 0. The maximum atomic E-state index is 10.1. The van der Waals surface area contributed by atoms with Crippen molar-refractivity contribution in [3.63, 3.8) is 0 Å². The minimum atomic E-state index is -0.756. The highest BCUT2D eigenvalue weighted by Gasteiger charge is 2.18. The Kier molecular flexibility index (Phi) is 4.01. The van der Waals surface area contributed by atoms with E-state index in [1.54, 1.807) is 55.6 Å². The van der Waals surface area contributed by atoms with Crippen molar-refractivity contribution in [1.82, 2.24) is 0 Å². The zero-order valence-electron chi connectivity index (χ0n) is 10.5. The number of ether oxygens (including phenoxy) is 1. The van der Waals surface area contributed by atoms with Gasteiger partial charge in [-0.25, -0.2) is 5.06 Å². The van der Waals surface area contributed by atoms with E-state index in [0.29, 0.717) is 17.0 Å². The molecule has 1 atom stereocenters. The predicted octanol–water partition coefficient (Wildman–Crippen LogP) is 3.16. The number of hydrogen-bond donors (Lipinski definition) is 1. The molecule has 1 unspecified atom stereocenters. The molecule has 2 rings (SSSR count). The van der Waals surface area contributed by atoms with Gasteiger partial charge < -0.3 is 4.74 Å². The molecule has 0 heterocycles. The molecule has 2 aromatic rings. The first-order valence-corrected chi connectivity index (χ1v) is 5.83. The monoisotopic (exact) mass is 254 g/mol. The van der Waals surface area contributed by atoms with Gasteiger partial charge in [0, 0.05) is 0 Å². The molecule has 0 fully saturated rings. The van der Waals surface area contributed by atoms with E-state index >= 15 is 0 Å². The first-order valence-electron chi connectivity index (χ1n) is 5.83. The average molecular weight is 254 g/mol. The van der Waals surface area contributed by atoms with Gasteiger partial charge in [0.15, 0.2) is 6.04 Å². The third-order valence-electron chi connectivity index (χ3n) is 2.82. The third-order valence-corrected chi connectivity index (χ3v) is 2.82. The molecule has 0 aliphatic rings. The van der Waals surface area contributed by atoms with Crippen molar-refractivity contribution in [2.24, 2.45) is 0 Å². The first kappa shape index (κ1) is 12.9. The van der Waals surface area contributed by atoms with Crippen LogP contribution in [0, 0.1) is 11.3 Å². The summed E-state index contributed by atoms with van der Waals surface area (Å²) in [6, 6.07) is 17.3. The second kappa shape index (κ2) is 5.89. The summed E-state index contributed by atoms with van der Waals surface area (Å²) in [6.07, 6.45) is 0. The molecule has 0 aliphatic heterocycles. The molecular weight excluding hydrogens is 240 g/mol. The molecule has 4 nitrogen and oxygen atoms in total. The van der Waals surface area contributed by atoms with E-state index in [1.165, 1.54) is 0 Å². The van der Waals surface area contributed by atoms with Crippen LogP contribution in [0.1, 0.15) is 11.6 Å². The Morgan fingerprint density at radius 2 is 1.74 bits per heavy atom. The Morgan fingerprint density at radius 1 is 1.11 bits per heavy atom. The lowest BCUT2D eigenvalue weighted by atomic mass is 10.1. The topological polar surface area (TPSA) is 56.5 Å². The van der Waals surface area contributed by atoms with Crippen LogP contribution in [0.2, 0.25) is 0 Å². The van der Waals surface area contributed by atoms with Crippen molar-refractivity contribution in [2.45, 2.75) is 6.04 Å². The number of nitrogens with zero attached hydrogens (tertiary/aromatic N) is 2. The Morgan fingerprint density at radius 3 is 2.26 bits per heavy atom. The Balaban J connectivity index is 2.27. The molecule has 0 aromatic heterocycles.